The van der Waals surface area contributed by atoms with E-state index in [4.69, 9.17) is 5.11 Å². The van der Waals surface area contributed by atoms with E-state index in [2.05, 4.69) is 10.6 Å². The summed E-state index contributed by atoms with van der Waals surface area (Å²) in [5.74, 6) is -0.827. The summed E-state index contributed by atoms with van der Waals surface area (Å²) in [5.41, 5.74) is 0.424. The van der Waals surface area contributed by atoms with Crippen molar-refractivity contribution in [2.75, 3.05) is 26.2 Å². The van der Waals surface area contributed by atoms with Gasteiger partial charge in [0, 0.05) is 31.8 Å². The molecule has 0 saturated carbocycles. The van der Waals surface area contributed by atoms with Crippen molar-refractivity contribution >= 4 is 5.97 Å². The Hall–Kier alpha value is -0.870. The Kier molecular flexibility index (Phi) is 8.17. The Morgan fingerprint density at radius 2 is 1.71 bits per heavy atom. The smallest absolute Gasteiger partial charge is 0.330 e. The van der Waals surface area contributed by atoms with Gasteiger partial charge in [-0.15, -0.1) is 0 Å². The van der Waals surface area contributed by atoms with Crippen LogP contribution in [0.5, 0.6) is 0 Å². The van der Waals surface area contributed by atoms with Crippen molar-refractivity contribution in [3.63, 3.8) is 0 Å². The number of carboxylic acid groups (broad SMARTS) is 1. The van der Waals surface area contributed by atoms with Gasteiger partial charge in [0.15, 0.2) is 0 Å². The van der Waals surface area contributed by atoms with Gasteiger partial charge in [0.1, 0.15) is 0 Å². The minimum Gasteiger partial charge on any atom is -0.478 e. The second-order valence-corrected chi connectivity index (χ2v) is 3.10. The molecular formula is C10H20N2O2. The summed E-state index contributed by atoms with van der Waals surface area (Å²) in [6.07, 6.45) is 2.47. The predicted octanol–water partition coefficient (Wildman–Crippen LogP) is 0.606. The first-order valence-electron chi connectivity index (χ1n) is 5.00. The standard InChI is InChI=1S/C6H10O2.C4H10N2/c1-3-4-5(2)6(7)8;1-2-6-4-3-5-1/h4H,3H2,1-2H3,(H,7,8);5-6H,1-4H2. The number of hydrogen-bond acceptors (Lipinski definition) is 3. The fraction of sp³-hybridized carbons (Fsp3) is 0.700. The Balaban J connectivity index is 0.000000249. The van der Waals surface area contributed by atoms with Gasteiger partial charge in [0.05, 0.1) is 0 Å². The van der Waals surface area contributed by atoms with Gasteiger partial charge >= 0.3 is 5.97 Å². The quantitative estimate of drug-likeness (QED) is 0.571. The maximum absolute atomic E-state index is 10.0. The van der Waals surface area contributed by atoms with Crippen LogP contribution in [0.25, 0.3) is 0 Å². The highest BCUT2D eigenvalue weighted by Crippen LogP contribution is 1.92. The third-order valence-electron chi connectivity index (χ3n) is 1.80. The molecule has 1 saturated heterocycles. The molecule has 0 unspecified atom stereocenters. The molecule has 0 bridgehead atoms. The number of carboxylic acids is 1. The van der Waals surface area contributed by atoms with E-state index in [1.54, 1.807) is 13.0 Å². The molecule has 1 heterocycles. The van der Waals surface area contributed by atoms with Gasteiger partial charge in [-0.3, -0.25) is 0 Å². The lowest BCUT2D eigenvalue weighted by Crippen LogP contribution is -2.39. The molecule has 0 spiro atoms. The van der Waals surface area contributed by atoms with Crippen molar-refractivity contribution in [2.24, 2.45) is 0 Å². The van der Waals surface area contributed by atoms with Crippen molar-refractivity contribution in [1.82, 2.24) is 10.6 Å². The van der Waals surface area contributed by atoms with Gasteiger partial charge in [-0.25, -0.2) is 4.79 Å². The van der Waals surface area contributed by atoms with Crippen LogP contribution in [0.4, 0.5) is 0 Å². The van der Waals surface area contributed by atoms with Crippen molar-refractivity contribution < 1.29 is 9.90 Å². The Morgan fingerprint density at radius 1 is 1.29 bits per heavy atom. The van der Waals surface area contributed by atoms with Gasteiger partial charge in [-0.1, -0.05) is 13.0 Å². The number of rotatable bonds is 2. The van der Waals surface area contributed by atoms with Crippen LogP contribution in [0.3, 0.4) is 0 Å². The zero-order valence-corrected chi connectivity index (χ0v) is 8.97. The van der Waals surface area contributed by atoms with E-state index in [1.165, 1.54) is 0 Å². The van der Waals surface area contributed by atoms with Gasteiger partial charge in [0.25, 0.3) is 0 Å². The van der Waals surface area contributed by atoms with Crippen LogP contribution in [-0.4, -0.2) is 37.3 Å². The Morgan fingerprint density at radius 3 is 1.86 bits per heavy atom. The molecule has 1 aliphatic heterocycles. The van der Waals surface area contributed by atoms with E-state index in [1.807, 2.05) is 6.92 Å². The van der Waals surface area contributed by atoms with Crippen LogP contribution in [0.1, 0.15) is 20.3 Å². The van der Waals surface area contributed by atoms with E-state index in [0.717, 1.165) is 32.6 Å². The molecule has 1 rings (SSSR count). The second-order valence-electron chi connectivity index (χ2n) is 3.10. The first-order valence-corrected chi connectivity index (χ1v) is 5.00. The topological polar surface area (TPSA) is 61.4 Å². The SMILES string of the molecule is C1CNCCN1.CCC=C(C)C(=O)O. The van der Waals surface area contributed by atoms with E-state index in [-0.39, 0.29) is 0 Å². The molecule has 0 radical (unpaired) electrons. The van der Waals surface area contributed by atoms with Gasteiger partial charge in [-0.05, 0) is 13.3 Å². The monoisotopic (exact) mass is 200 g/mol. The molecule has 3 N–H and O–H groups in total. The van der Waals surface area contributed by atoms with Crippen molar-refractivity contribution in [3.05, 3.63) is 11.6 Å². The zero-order chi connectivity index (χ0) is 10.8. The number of allylic oxidation sites excluding steroid dienone is 1. The Labute approximate surface area is 85.4 Å². The summed E-state index contributed by atoms with van der Waals surface area (Å²) in [7, 11) is 0. The normalized spacial score (nSPS) is 16.9. The number of carbonyl (C=O) groups is 1. The summed E-state index contributed by atoms with van der Waals surface area (Å²) >= 11 is 0. The van der Waals surface area contributed by atoms with Crippen molar-refractivity contribution in [3.8, 4) is 0 Å². The van der Waals surface area contributed by atoms with E-state index < -0.39 is 5.97 Å². The van der Waals surface area contributed by atoms with Gasteiger partial charge in [0.2, 0.25) is 0 Å². The lowest BCUT2D eigenvalue weighted by molar-refractivity contribution is -0.132. The molecule has 0 aromatic heterocycles. The third-order valence-corrected chi connectivity index (χ3v) is 1.80. The van der Waals surface area contributed by atoms with Gasteiger partial charge in [-0.2, -0.15) is 0 Å². The zero-order valence-electron chi connectivity index (χ0n) is 8.97. The maximum atomic E-state index is 10.0. The van der Waals surface area contributed by atoms with Crippen LogP contribution in [0, 0.1) is 0 Å². The molecule has 0 aromatic rings. The summed E-state index contributed by atoms with van der Waals surface area (Å²) in [6, 6.07) is 0. The minimum atomic E-state index is -0.827. The summed E-state index contributed by atoms with van der Waals surface area (Å²) < 4.78 is 0. The van der Waals surface area contributed by atoms with Crippen LogP contribution < -0.4 is 10.6 Å². The number of aliphatic carboxylic acids is 1. The maximum Gasteiger partial charge on any atom is 0.330 e. The summed E-state index contributed by atoms with van der Waals surface area (Å²) in [4.78, 5) is 10.0. The van der Waals surface area contributed by atoms with Gasteiger partial charge < -0.3 is 15.7 Å². The average Bonchev–Trinajstić information content (AvgIpc) is 2.21. The molecule has 0 aliphatic carbocycles. The van der Waals surface area contributed by atoms with E-state index in [0.29, 0.717) is 5.57 Å². The Bertz CT molecular complexity index is 175. The highest BCUT2D eigenvalue weighted by molar-refractivity contribution is 5.85. The molecule has 4 nitrogen and oxygen atoms in total. The summed E-state index contributed by atoms with van der Waals surface area (Å²) in [5, 5.41) is 14.7. The number of hydrogen-bond donors (Lipinski definition) is 3. The molecular weight excluding hydrogens is 180 g/mol. The molecule has 1 aliphatic rings. The molecule has 0 aromatic carbocycles. The third kappa shape index (κ3) is 7.76. The van der Waals surface area contributed by atoms with E-state index in [9.17, 15) is 4.79 Å². The molecule has 1 fully saturated rings. The lowest BCUT2D eigenvalue weighted by Gasteiger charge is -2.11. The second kappa shape index (κ2) is 8.72. The van der Waals surface area contributed by atoms with Crippen LogP contribution in [0.15, 0.2) is 11.6 Å². The van der Waals surface area contributed by atoms with Crippen molar-refractivity contribution in [2.45, 2.75) is 20.3 Å². The highest BCUT2D eigenvalue weighted by Gasteiger charge is 1.95. The molecule has 0 amide bonds. The first-order chi connectivity index (χ1) is 6.68. The number of nitrogens with one attached hydrogen (secondary N) is 2. The molecule has 82 valence electrons. The predicted molar refractivity (Wildman–Crippen MR) is 57.4 cm³/mol. The average molecular weight is 200 g/mol. The summed E-state index contributed by atoms with van der Waals surface area (Å²) in [6.45, 7) is 8.05. The van der Waals surface area contributed by atoms with Crippen LogP contribution in [0.2, 0.25) is 0 Å². The fourth-order valence-electron chi connectivity index (χ4n) is 0.997. The van der Waals surface area contributed by atoms with Crippen LogP contribution >= 0.6 is 0 Å². The van der Waals surface area contributed by atoms with Crippen molar-refractivity contribution in [1.29, 1.82) is 0 Å². The first kappa shape index (κ1) is 13.1. The highest BCUT2D eigenvalue weighted by atomic mass is 16.4. The molecule has 0 atom stereocenters. The van der Waals surface area contributed by atoms with Crippen LogP contribution in [-0.2, 0) is 4.79 Å². The lowest BCUT2D eigenvalue weighted by atomic mass is 10.2. The fourth-order valence-corrected chi connectivity index (χ4v) is 0.997. The molecule has 14 heavy (non-hydrogen) atoms. The molecule has 4 heteroatoms. The largest absolute Gasteiger partial charge is 0.478 e. The van der Waals surface area contributed by atoms with E-state index >= 15 is 0 Å². The number of piperazine rings is 1. The minimum absolute atomic E-state index is 0.424.